The smallest absolute Gasteiger partial charge is 0.0205 e. The minimum atomic E-state index is 0.456. The lowest BCUT2D eigenvalue weighted by molar-refractivity contribution is -0.0588. The van der Waals surface area contributed by atoms with Gasteiger partial charge in [0.2, 0.25) is 0 Å². The molecule has 68 valence electrons. The molecule has 2 saturated heterocycles. The highest BCUT2D eigenvalue weighted by Gasteiger charge is 2.54. The molecule has 0 spiro atoms. The predicted molar refractivity (Wildman–Crippen MR) is 51.8 cm³/mol. The topological polar surface area (TPSA) is 12.0 Å². The third kappa shape index (κ3) is 0.854. The number of fused-ring (bicyclic) bond motifs is 2. The Morgan fingerprint density at radius 1 is 1.42 bits per heavy atom. The number of piperidine rings is 2. The standard InChI is InChI=1S/C11H19N/c1-8-9-5-11(6-9,7-12-8)10(2,3)4/h9,12H,1,5-7H2,2-4H3. The number of hydrogen-bond donors (Lipinski definition) is 1. The Labute approximate surface area is 75.2 Å². The molecular weight excluding hydrogens is 146 g/mol. The van der Waals surface area contributed by atoms with Crippen molar-refractivity contribution >= 4 is 0 Å². The van der Waals surface area contributed by atoms with Crippen LogP contribution in [0.2, 0.25) is 0 Å². The molecule has 3 aliphatic rings. The van der Waals surface area contributed by atoms with Gasteiger partial charge in [-0.3, -0.25) is 0 Å². The molecular formula is C11H19N. The summed E-state index contributed by atoms with van der Waals surface area (Å²) < 4.78 is 0. The van der Waals surface area contributed by atoms with Crippen LogP contribution in [0.1, 0.15) is 33.6 Å². The van der Waals surface area contributed by atoms with Crippen molar-refractivity contribution in [2.45, 2.75) is 33.6 Å². The molecule has 2 heterocycles. The van der Waals surface area contributed by atoms with Crippen molar-refractivity contribution in [1.82, 2.24) is 5.32 Å². The van der Waals surface area contributed by atoms with Gasteiger partial charge in [-0.05, 0) is 29.6 Å². The van der Waals surface area contributed by atoms with Crippen LogP contribution < -0.4 is 5.32 Å². The maximum Gasteiger partial charge on any atom is 0.0205 e. The molecule has 2 bridgehead atoms. The fourth-order valence-electron chi connectivity index (χ4n) is 2.58. The molecule has 3 fully saturated rings. The molecule has 0 atom stereocenters. The normalized spacial score (nSPS) is 40.2. The van der Waals surface area contributed by atoms with Gasteiger partial charge >= 0.3 is 0 Å². The van der Waals surface area contributed by atoms with Gasteiger partial charge in [0.25, 0.3) is 0 Å². The van der Waals surface area contributed by atoms with E-state index in [4.69, 9.17) is 0 Å². The first-order valence-corrected chi connectivity index (χ1v) is 4.87. The van der Waals surface area contributed by atoms with Crippen LogP contribution in [0.3, 0.4) is 0 Å². The minimum absolute atomic E-state index is 0.456. The van der Waals surface area contributed by atoms with Gasteiger partial charge in [0.15, 0.2) is 0 Å². The predicted octanol–water partition coefficient (Wildman–Crippen LogP) is 2.55. The molecule has 1 aliphatic carbocycles. The third-order valence-electron chi connectivity index (χ3n) is 4.01. The van der Waals surface area contributed by atoms with E-state index in [1.165, 1.54) is 18.5 Å². The van der Waals surface area contributed by atoms with Crippen molar-refractivity contribution in [2.24, 2.45) is 16.7 Å². The summed E-state index contributed by atoms with van der Waals surface area (Å²) in [6, 6.07) is 0. The number of rotatable bonds is 0. The average Bonchev–Trinajstić information content (AvgIpc) is 1.82. The molecule has 1 saturated carbocycles. The molecule has 0 aromatic heterocycles. The summed E-state index contributed by atoms with van der Waals surface area (Å²) in [5.74, 6) is 0.776. The van der Waals surface area contributed by atoms with Crippen LogP contribution in [0, 0.1) is 16.7 Å². The van der Waals surface area contributed by atoms with Gasteiger partial charge in [0, 0.05) is 12.2 Å². The molecule has 0 radical (unpaired) electrons. The van der Waals surface area contributed by atoms with Crippen molar-refractivity contribution in [3.63, 3.8) is 0 Å². The Bertz CT molecular complexity index is 210. The van der Waals surface area contributed by atoms with E-state index < -0.39 is 0 Å². The summed E-state index contributed by atoms with van der Waals surface area (Å²) in [6.45, 7) is 12.3. The molecule has 1 nitrogen and oxygen atoms in total. The van der Waals surface area contributed by atoms with Crippen molar-refractivity contribution < 1.29 is 0 Å². The second kappa shape index (κ2) is 2.07. The van der Waals surface area contributed by atoms with E-state index in [1.807, 2.05) is 0 Å². The van der Waals surface area contributed by atoms with Crippen molar-refractivity contribution in [3.8, 4) is 0 Å². The van der Waals surface area contributed by atoms with E-state index in [9.17, 15) is 0 Å². The van der Waals surface area contributed by atoms with Crippen molar-refractivity contribution in [2.75, 3.05) is 6.54 Å². The van der Waals surface area contributed by atoms with Gasteiger partial charge in [-0.1, -0.05) is 27.4 Å². The largest absolute Gasteiger partial charge is 0.388 e. The molecule has 0 amide bonds. The Morgan fingerprint density at radius 2 is 2.00 bits per heavy atom. The highest BCUT2D eigenvalue weighted by molar-refractivity contribution is 5.18. The van der Waals surface area contributed by atoms with E-state index in [2.05, 4.69) is 32.7 Å². The van der Waals surface area contributed by atoms with Crippen LogP contribution in [0.15, 0.2) is 12.3 Å². The van der Waals surface area contributed by atoms with Gasteiger partial charge in [-0.15, -0.1) is 0 Å². The lowest BCUT2D eigenvalue weighted by Crippen LogP contribution is -2.58. The summed E-state index contributed by atoms with van der Waals surface area (Å²) in [6.07, 6.45) is 2.73. The average molecular weight is 165 g/mol. The fourth-order valence-corrected chi connectivity index (χ4v) is 2.58. The zero-order valence-electron chi connectivity index (χ0n) is 8.41. The van der Waals surface area contributed by atoms with E-state index in [0.29, 0.717) is 10.8 Å². The van der Waals surface area contributed by atoms with Crippen LogP contribution >= 0.6 is 0 Å². The monoisotopic (exact) mass is 165 g/mol. The maximum atomic E-state index is 4.04. The molecule has 0 aromatic rings. The summed E-state index contributed by atoms with van der Waals surface area (Å²) in [4.78, 5) is 0. The zero-order valence-corrected chi connectivity index (χ0v) is 8.41. The summed E-state index contributed by atoms with van der Waals surface area (Å²) in [5, 5.41) is 3.43. The molecule has 2 aliphatic heterocycles. The molecule has 0 aromatic carbocycles. The highest BCUT2D eigenvalue weighted by Crippen LogP contribution is 2.60. The van der Waals surface area contributed by atoms with Crippen molar-refractivity contribution in [1.29, 1.82) is 0 Å². The zero-order chi connectivity index (χ0) is 8.98. The molecule has 0 unspecified atom stereocenters. The minimum Gasteiger partial charge on any atom is -0.388 e. The second-order valence-electron chi connectivity index (χ2n) is 5.51. The molecule has 1 N–H and O–H groups in total. The molecule has 1 heteroatoms. The molecule has 3 rings (SSSR count). The van der Waals surface area contributed by atoms with Gasteiger partial charge in [-0.2, -0.15) is 0 Å². The van der Waals surface area contributed by atoms with Crippen LogP contribution in [0.25, 0.3) is 0 Å². The SMILES string of the molecule is C=C1NCC2(C(C)(C)C)CC1C2. The van der Waals surface area contributed by atoms with Gasteiger partial charge in [0.05, 0.1) is 0 Å². The van der Waals surface area contributed by atoms with Crippen LogP contribution in [0.5, 0.6) is 0 Å². The number of nitrogens with one attached hydrogen (secondary N) is 1. The summed E-state index contributed by atoms with van der Waals surface area (Å²) in [5.41, 5.74) is 2.30. The Morgan fingerprint density at radius 3 is 2.33 bits per heavy atom. The van der Waals surface area contributed by atoms with E-state index in [0.717, 1.165) is 12.5 Å². The highest BCUT2D eigenvalue weighted by atomic mass is 15.0. The summed E-state index contributed by atoms with van der Waals surface area (Å²) in [7, 11) is 0. The van der Waals surface area contributed by atoms with E-state index in [-0.39, 0.29) is 0 Å². The van der Waals surface area contributed by atoms with E-state index >= 15 is 0 Å². The first kappa shape index (κ1) is 8.15. The quantitative estimate of drug-likeness (QED) is 0.581. The lowest BCUT2D eigenvalue weighted by Gasteiger charge is -2.60. The number of allylic oxidation sites excluding steroid dienone is 1. The molecule has 12 heavy (non-hydrogen) atoms. The fraction of sp³-hybridized carbons (Fsp3) is 0.818. The Balaban J connectivity index is 2.16. The van der Waals surface area contributed by atoms with E-state index in [1.54, 1.807) is 0 Å². The third-order valence-corrected chi connectivity index (χ3v) is 4.01. The van der Waals surface area contributed by atoms with Gasteiger partial charge < -0.3 is 5.32 Å². The first-order valence-electron chi connectivity index (χ1n) is 4.87. The Kier molecular flexibility index (Phi) is 1.40. The van der Waals surface area contributed by atoms with Crippen LogP contribution in [-0.4, -0.2) is 6.54 Å². The Hall–Kier alpha value is -0.460. The second-order valence-corrected chi connectivity index (χ2v) is 5.51. The lowest BCUT2D eigenvalue weighted by atomic mass is 9.48. The number of hydrogen-bond acceptors (Lipinski definition) is 1. The van der Waals surface area contributed by atoms with Crippen molar-refractivity contribution in [3.05, 3.63) is 12.3 Å². The van der Waals surface area contributed by atoms with Gasteiger partial charge in [-0.25, -0.2) is 0 Å². The van der Waals surface area contributed by atoms with Gasteiger partial charge in [0.1, 0.15) is 0 Å². The van der Waals surface area contributed by atoms with Crippen LogP contribution in [0.4, 0.5) is 0 Å². The summed E-state index contributed by atoms with van der Waals surface area (Å²) >= 11 is 0. The van der Waals surface area contributed by atoms with Crippen LogP contribution in [-0.2, 0) is 0 Å². The maximum absolute atomic E-state index is 4.04. The first-order chi connectivity index (χ1) is 5.45.